The summed E-state index contributed by atoms with van der Waals surface area (Å²) in [5.41, 5.74) is 1.73. The quantitative estimate of drug-likeness (QED) is 0.814. The predicted octanol–water partition coefficient (Wildman–Crippen LogP) is 1.32. The molecule has 0 aliphatic heterocycles. The molecule has 0 fully saturated rings. The Bertz CT molecular complexity index is 480. The van der Waals surface area contributed by atoms with E-state index in [1.807, 2.05) is 19.9 Å². The Morgan fingerprint density at radius 1 is 1.44 bits per heavy atom. The lowest BCUT2D eigenvalue weighted by Crippen LogP contribution is -2.10. The Hall–Kier alpha value is -0.880. The van der Waals surface area contributed by atoms with E-state index >= 15 is 0 Å². The molecule has 0 amide bonds. The largest absolute Gasteiger partial charge is 0.387 e. The van der Waals surface area contributed by atoms with Gasteiger partial charge in [0.2, 0.25) is 0 Å². The lowest BCUT2D eigenvalue weighted by molar-refractivity contribution is 0.156. The van der Waals surface area contributed by atoms with Crippen LogP contribution in [0.1, 0.15) is 44.2 Å². The van der Waals surface area contributed by atoms with Crippen LogP contribution in [0.5, 0.6) is 0 Å². The Balaban J connectivity index is 2.65. The van der Waals surface area contributed by atoms with Crippen molar-refractivity contribution in [2.45, 2.75) is 45.8 Å². The molecule has 1 aromatic heterocycles. The topological polar surface area (TPSA) is 72.2 Å². The number of hydrogen-bond donors (Lipinski definition) is 1. The Morgan fingerprint density at radius 2 is 2.11 bits per heavy atom. The number of aliphatic hydroxyl groups excluding tert-OH is 1. The van der Waals surface area contributed by atoms with Crippen molar-refractivity contribution in [1.29, 1.82) is 0 Å². The van der Waals surface area contributed by atoms with Crippen molar-refractivity contribution in [3.63, 3.8) is 0 Å². The van der Waals surface area contributed by atoms with Crippen molar-refractivity contribution in [3.05, 3.63) is 17.5 Å². The molecular formula is C12H22N2O3S. The van der Waals surface area contributed by atoms with Crippen molar-refractivity contribution >= 4 is 9.84 Å². The van der Waals surface area contributed by atoms with Crippen LogP contribution in [0.15, 0.2) is 6.07 Å². The smallest absolute Gasteiger partial charge is 0.147 e. The summed E-state index contributed by atoms with van der Waals surface area (Å²) in [6.07, 6.45) is 2.32. The van der Waals surface area contributed by atoms with E-state index in [-0.39, 0.29) is 5.75 Å². The molecule has 1 N–H and O–H groups in total. The molecule has 6 heteroatoms. The first kappa shape index (κ1) is 15.2. The van der Waals surface area contributed by atoms with Crippen LogP contribution in [0.4, 0.5) is 0 Å². The Kier molecular flexibility index (Phi) is 5.34. The predicted molar refractivity (Wildman–Crippen MR) is 71.2 cm³/mol. The standard InChI is InChI=1S/C12H22N2O3S/c1-4-10-9-11(14(5-2)13-10)12(15)7-6-8-18(3,16)17/h9,12,15H,4-8H2,1-3H3. The minimum Gasteiger partial charge on any atom is -0.387 e. The van der Waals surface area contributed by atoms with Crippen LogP contribution < -0.4 is 0 Å². The SMILES string of the molecule is CCc1cc(C(O)CCCS(C)(=O)=O)n(CC)n1. The van der Waals surface area contributed by atoms with Gasteiger partial charge in [-0.3, -0.25) is 4.68 Å². The molecule has 18 heavy (non-hydrogen) atoms. The Labute approximate surface area is 109 Å². The summed E-state index contributed by atoms with van der Waals surface area (Å²) in [5.74, 6) is 0.116. The van der Waals surface area contributed by atoms with Crippen molar-refractivity contribution in [1.82, 2.24) is 9.78 Å². The fraction of sp³-hybridized carbons (Fsp3) is 0.750. The van der Waals surface area contributed by atoms with Crippen LogP contribution in [0.2, 0.25) is 0 Å². The third-order valence-electron chi connectivity index (χ3n) is 2.86. The molecule has 0 bridgehead atoms. The van der Waals surface area contributed by atoms with Crippen LogP contribution in [-0.2, 0) is 22.8 Å². The maximum atomic E-state index is 11.0. The van der Waals surface area contributed by atoms with Gasteiger partial charge in [-0.2, -0.15) is 5.10 Å². The van der Waals surface area contributed by atoms with Gasteiger partial charge in [-0.1, -0.05) is 6.92 Å². The van der Waals surface area contributed by atoms with E-state index in [0.29, 0.717) is 19.4 Å². The molecule has 5 nitrogen and oxygen atoms in total. The highest BCUT2D eigenvalue weighted by Crippen LogP contribution is 2.20. The monoisotopic (exact) mass is 274 g/mol. The number of nitrogens with zero attached hydrogens (tertiary/aromatic N) is 2. The minimum atomic E-state index is -2.95. The van der Waals surface area contributed by atoms with Crippen molar-refractivity contribution < 1.29 is 13.5 Å². The van der Waals surface area contributed by atoms with Gasteiger partial charge in [0.1, 0.15) is 9.84 Å². The molecule has 0 saturated heterocycles. The first-order valence-corrected chi connectivity index (χ1v) is 8.35. The van der Waals surface area contributed by atoms with E-state index < -0.39 is 15.9 Å². The van der Waals surface area contributed by atoms with E-state index in [4.69, 9.17) is 0 Å². The highest BCUT2D eigenvalue weighted by molar-refractivity contribution is 7.90. The van der Waals surface area contributed by atoms with Gasteiger partial charge in [-0.15, -0.1) is 0 Å². The second-order valence-corrected chi connectivity index (χ2v) is 6.78. The lowest BCUT2D eigenvalue weighted by Gasteiger charge is -2.11. The maximum absolute atomic E-state index is 11.0. The van der Waals surface area contributed by atoms with E-state index in [1.54, 1.807) is 4.68 Å². The summed E-state index contributed by atoms with van der Waals surface area (Å²) in [4.78, 5) is 0. The molecule has 0 spiro atoms. The van der Waals surface area contributed by atoms with Crippen molar-refractivity contribution in [2.75, 3.05) is 12.0 Å². The molecule has 1 unspecified atom stereocenters. The third kappa shape index (κ3) is 4.42. The van der Waals surface area contributed by atoms with E-state index in [0.717, 1.165) is 17.8 Å². The molecule has 1 rings (SSSR count). The van der Waals surface area contributed by atoms with Gasteiger partial charge in [0, 0.05) is 18.6 Å². The highest BCUT2D eigenvalue weighted by atomic mass is 32.2. The van der Waals surface area contributed by atoms with Gasteiger partial charge in [0.25, 0.3) is 0 Å². The molecule has 0 aliphatic rings. The van der Waals surface area contributed by atoms with Crippen molar-refractivity contribution in [3.8, 4) is 0 Å². The molecular weight excluding hydrogens is 252 g/mol. The van der Waals surface area contributed by atoms with Crippen LogP contribution >= 0.6 is 0 Å². The van der Waals surface area contributed by atoms with Gasteiger partial charge < -0.3 is 5.11 Å². The fourth-order valence-corrected chi connectivity index (χ4v) is 2.56. The zero-order chi connectivity index (χ0) is 13.8. The van der Waals surface area contributed by atoms with E-state index in [9.17, 15) is 13.5 Å². The van der Waals surface area contributed by atoms with Gasteiger partial charge in [0.15, 0.2) is 0 Å². The first-order chi connectivity index (χ1) is 8.37. The second-order valence-electron chi connectivity index (χ2n) is 4.52. The van der Waals surface area contributed by atoms with Gasteiger partial charge >= 0.3 is 0 Å². The summed E-state index contributed by atoms with van der Waals surface area (Å²) in [6.45, 7) is 4.69. The molecule has 0 saturated carbocycles. The van der Waals surface area contributed by atoms with Gasteiger partial charge in [0.05, 0.1) is 17.5 Å². The fourth-order valence-electron chi connectivity index (χ4n) is 1.87. The highest BCUT2D eigenvalue weighted by Gasteiger charge is 2.15. The van der Waals surface area contributed by atoms with Crippen LogP contribution in [0.25, 0.3) is 0 Å². The number of aliphatic hydroxyl groups is 1. The van der Waals surface area contributed by atoms with Crippen molar-refractivity contribution in [2.24, 2.45) is 0 Å². The van der Waals surface area contributed by atoms with Crippen LogP contribution in [0.3, 0.4) is 0 Å². The van der Waals surface area contributed by atoms with E-state index in [2.05, 4.69) is 5.10 Å². The number of aromatic nitrogens is 2. The number of sulfone groups is 1. The van der Waals surface area contributed by atoms with Crippen LogP contribution in [0, 0.1) is 0 Å². The molecule has 1 aromatic rings. The van der Waals surface area contributed by atoms with Gasteiger partial charge in [-0.05, 0) is 32.3 Å². The van der Waals surface area contributed by atoms with Crippen LogP contribution in [-0.4, -0.2) is 35.3 Å². The summed E-state index contributed by atoms with van der Waals surface area (Å²) >= 11 is 0. The zero-order valence-electron chi connectivity index (χ0n) is 11.3. The third-order valence-corrected chi connectivity index (χ3v) is 3.89. The number of aryl methyl sites for hydroxylation is 2. The lowest BCUT2D eigenvalue weighted by atomic mass is 10.1. The first-order valence-electron chi connectivity index (χ1n) is 6.29. The molecule has 0 aliphatic carbocycles. The zero-order valence-corrected chi connectivity index (χ0v) is 12.1. The Morgan fingerprint density at radius 3 is 2.61 bits per heavy atom. The average Bonchev–Trinajstić information content (AvgIpc) is 2.70. The maximum Gasteiger partial charge on any atom is 0.147 e. The molecule has 1 heterocycles. The van der Waals surface area contributed by atoms with Gasteiger partial charge in [-0.25, -0.2) is 8.42 Å². The molecule has 0 aromatic carbocycles. The van der Waals surface area contributed by atoms with E-state index in [1.165, 1.54) is 6.26 Å². The number of rotatable bonds is 7. The minimum absolute atomic E-state index is 0.116. The summed E-state index contributed by atoms with van der Waals surface area (Å²) in [7, 11) is -2.95. The number of hydrogen-bond acceptors (Lipinski definition) is 4. The average molecular weight is 274 g/mol. The molecule has 104 valence electrons. The normalized spacial score (nSPS) is 13.8. The second kappa shape index (κ2) is 6.33. The summed E-state index contributed by atoms with van der Waals surface area (Å²) in [6, 6.07) is 1.90. The summed E-state index contributed by atoms with van der Waals surface area (Å²) < 4.78 is 23.8. The summed E-state index contributed by atoms with van der Waals surface area (Å²) in [5, 5.41) is 14.4. The molecule has 1 atom stereocenters. The molecule has 0 radical (unpaired) electrons.